The molecule has 47 heavy (non-hydrogen) atoms. The first kappa shape index (κ1) is 27.2. The van der Waals surface area contributed by atoms with Crippen LogP contribution in [0.1, 0.15) is 0 Å². The van der Waals surface area contributed by atoms with Gasteiger partial charge in [0.2, 0.25) is 0 Å². The van der Waals surface area contributed by atoms with E-state index in [1.54, 1.807) is 11.3 Å². The molecule has 0 bridgehead atoms. The Hall–Kier alpha value is -6.11. The number of hydrogen-bond acceptors (Lipinski definition) is 6. The Kier molecular flexibility index (Phi) is 6.58. The van der Waals surface area contributed by atoms with Gasteiger partial charge in [-0.2, -0.15) is 0 Å². The minimum absolute atomic E-state index is 0.622. The Balaban J connectivity index is 1.14. The van der Waals surface area contributed by atoms with Gasteiger partial charge in [0.05, 0.1) is 17.1 Å². The van der Waals surface area contributed by atoms with Crippen molar-refractivity contribution in [3.8, 4) is 56.8 Å². The molecule has 0 atom stereocenters. The fraction of sp³-hybridized carbons (Fsp3) is 0. The summed E-state index contributed by atoms with van der Waals surface area (Å²) < 4.78 is 1.24. The summed E-state index contributed by atoms with van der Waals surface area (Å²) in [5.41, 5.74) is 6.42. The van der Waals surface area contributed by atoms with Crippen LogP contribution in [0.5, 0.6) is 0 Å². The van der Waals surface area contributed by atoms with Gasteiger partial charge in [-0.1, -0.05) is 127 Å². The molecule has 0 saturated heterocycles. The molecule has 0 aliphatic rings. The highest BCUT2D eigenvalue weighted by Crippen LogP contribution is 2.36. The molecule has 9 aromatic rings. The Bertz CT molecular complexity index is 2500. The third kappa shape index (κ3) is 5.01. The minimum atomic E-state index is 0.622. The summed E-state index contributed by atoms with van der Waals surface area (Å²) in [7, 11) is 0. The molecule has 0 N–H and O–H groups in total. The Morgan fingerprint density at radius 1 is 0.362 bits per heavy atom. The van der Waals surface area contributed by atoms with Gasteiger partial charge in [-0.25, -0.2) is 24.9 Å². The van der Waals surface area contributed by atoms with Crippen molar-refractivity contribution in [1.29, 1.82) is 0 Å². The fourth-order valence-corrected chi connectivity index (χ4v) is 7.09. The first-order chi connectivity index (χ1) is 23.3. The van der Waals surface area contributed by atoms with E-state index >= 15 is 0 Å². The Morgan fingerprint density at radius 2 is 0.915 bits per heavy atom. The first-order valence-corrected chi connectivity index (χ1v) is 16.2. The number of rotatable bonds is 5. The van der Waals surface area contributed by atoms with Crippen molar-refractivity contribution in [1.82, 2.24) is 24.9 Å². The highest BCUT2D eigenvalue weighted by atomic mass is 32.1. The van der Waals surface area contributed by atoms with Crippen molar-refractivity contribution in [2.45, 2.75) is 0 Å². The van der Waals surface area contributed by atoms with Gasteiger partial charge in [0.25, 0.3) is 0 Å². The number of benzene rings is 5. The van der Waals surface area contributed by atoms with E-state index in [2.05, 4.69) is 91.0 Å². The SMILES string of the molecule is c1ccc(-c2nc(-c3ccccc3)nc(-c3ccc(-c4nc(-c5ccc6c(n5)sc5ccccc56)cc5ccccc45)cc3)n2)cc1. The van der Waals surface area contributed by atoms with E-state index in [9.17, 15) is 0 Å². The van der Waals surface area contributed by atoms with E-state index in [4.69, 9.17) is 24.9 Å². The molecule has 0 spiro atoms. The van der Waals surface area contributed by atoms with Crippen LogP contribution in [0.15, 0.2) is 152 Å². The number of nitrogens with zero attached hydrogens (tertiary/aromatic N) is 5. The van der Waals surface area contributed by atoms with E-state index in [0.717, 1.165) is 54.9 Å². The standard InChI is InChI=1S/C41H25N5S/c1-3-11-27(12-4-1)38-44-39(28-13-5-2-6-14-28)46-40(45-38)29-21-19-26(20-22-29)37-31-16-8-7-15-30(31)25-35(42-37)34-24-23-33-32-17-9-10-18-36(32)47-41(33)43-34/h1-25H. The van der Waals surface area contributed by atoms with Gasteiger partial charge < -0.3 is 0 Å². The molecule has 0 radical (unpaired) electrons. The highest BCUT2D eigenvalue weighted by Gasteiger charge is 2.15. The maximum Gasteiger partial charge on any atom is 0.164 e. The van der Waals surface area contributed by atoms with Crippen LogP contribution in [0, 0.1) is 0 Å². The van der Waals surface area contributed by atoms with Crippen LogP contribution in [0.4, 0.5) is 0 Å². The zero-order valence-corrected chi connectivity index (χ0v) is 25.9. The van der Waals surface area contributed by atoms with Gasteiger partial charge in [0, 0.05) is 43.1 Å². The lowest BCUT2D eigenvalue weighted by atomic mass is 10.0. The van der Waals surface area contributed by atoms with Crippen molar-refractivity contribution in [2.24, 2.45) is 0 Å². The third-order valence-electron chi connectivity index (χ3n) is 8.36. The van der Waals surface area contributed by atoms with E-state index in [1.807, 2.05) is 60.7 Å². The minimum Gasteiger partial charge on any atom is -0.245 e. The molecule has 0 fully saturated rings. The maximum absolute atomic E-state index is 5.21. The summed E-state index contributed by atoms with van der Waals surface area (Å²) in [6.45, 7) is 0. The second-order valence-corrected chi connectivity index (χ2v) is 12.4. The van der Waals surface area contributed by atoms with Crippen LogP contribution in [0.25, 0.3) is 87.9 Å². The van der Waals surface area contributed by atoms with Crippen LogP contribution in [0.3, 0.4) is 0 Å². The lowest BCUT2D eigenvalue weighted by molar-refractivity contribution is 1.07. The van der Waals surface area contributed by atoms with Crippen molar-refractivity contribution >= 4 is 42.4 Å². The molecule has 0 saturated carbocycles. The Morgan fingerprint density at radius 3 is 1.60 bits per heavy atom. The summed E-state index contributed by atoms with van der Waals surface area (Å²) in [6, 6.07) is 51.7. The number of fused-ring (bicyclic) bond motifs is 4. The Labute approximate surface area is 275 Å². The van der Waals surface area contributed by atoms with E-state index < -0.39 is 0 Å². The summed E-state index contributed by atoms with van der Waals surface area (Å²) in [6.07, 6.45) is 0. The molecular weight excluding hydrogens is 595 g/mol. The van der Waals surface area contributed by atoms with Crippen molar-refractivity contribution in [3.63, 3.8) is 0 Å². The van der Waals surface area contributed by atoms with Gasteiger partial charge in [0.15, 0.2) is 17.5 Å². The molecule has 9 rings (SSSR count). The largest absolute Gasteiger partial charge is 0.245 e. The van der Waals surface area contributed by atoms with Gasteiger partial charge >= 0.3 is 0 Å². The zero-order chi connectivity index (χ0) is 31.2. The van der Waals surface area contributed by atoms with Gasteiger partial charge in [0.1, 0.15) is 4.83 Å². The maximum atomic E-state index is 5.21. The first-order valence-electron chi connectivity index (χ1n) is 15.4. The molecule has 0 aliphatic heterocycles. The van der Waals surface area contributed by atoms with E-state index in [1.165, 1.54) is 15.5 Å². The topological polar surface area (TPSA) is 64.5 Å². The molecule has 4 heterocycles. The lowest BCUT2D eigenvalue weighted by Crippen LogP contribution is -2.00. The average molecular weight is 620 g/mol. The van der Waals surface area contributed by atoms with Crippen molar-refractivity contribution in [3.05, 3.63) is 152 Å². The third-order valence-corrected chi connectivity index (χ3v) is 9.44. The number of pyridine rings is 2. The summed E-state index contributed by atoms with van der Waals surface area (Å²) in [5.74, 6) is 1.90. The summed E-state index contributed by atoms with van der Waals surface area (Å²) in [5, 5.41) is 4.62. The zero-order valence-electron chi connectivity index (χ0n) is 25.1. The molecule has 5 aromatic carbocycles. The molecule has 4 aromatic heterocycles. The summed E-state index contributed by atoms with van der Waals surface area (Å²) >= 11 is 1.72. The van der Waals surface area contributed by atoms with E-state index in [0.29, 0.717) is 17.5 Å². The monoisotopic (exact) mass is 619 g/mol. The highest BCUT2D eigenvalue weighted by molar-refractivity contribution is 7.25. The lowest BCUT2D eigenvalue weighted by Gasteiger charge is -2.11. The van der Waals surface area contributed by atoms with Gasteiger partial charge in [-0.3, -0.25) is 0 Å². The van der Waals surface area contributed by atoms with Gasteiger partial charge in [-0.05, 0) is 29.7 Å². The second-order valence-electron chi connectivity index (χ2n) is 11.3. The number of hydrogen-bond donors (Lipinski definition) is 0. The smallest absolute Gasteiger partial charge is 0.164 e. The van der Waals surface area contributed by atoms with Crippen LogP contribution in [-0.4, -0.2) is 24.9 Å². The molecule has 0 unspecified atom stereocenters. The van der Waals surface area contributed by atoms with Crippen LogP contribution in [-0.2, 0) is 0 Å². The van der Waals surface area contributed by atoms with E-state index in [-0.39, 0.29) is 0 Å². The summed E-state index contributed by atoms with van der Waals surface area (Å²) in [4.78, 5) is 25.9. The number of thiophene rings is 1. The van der Waals surface area contributed by atoms with Crippen LogP contribution < -0.4 is 0 Å². The fourth-order valence-electron chi connectivity index (χ4n) is 6.01. The van der Waals surface area contributed by atoms with Gasteiger partial charge in [-0.15, -0.1) is 11.3 Å². The predicted octanol–water partition coefficient (Wildman–Crippen LogP) is 10.5. The van der Waals surface area contributed by atoms with Crippen molar-refractivity contribution in [2.75, 3.05) is 0 Å². The van der Waals surface area contributed by atoms with Crippen LogP contribution in [0.2, 0.25) is 0 Å². The molecule has 5 nitrogen and oxygen atoms in total. The second kappa shape index (κ2) is 11.4. The molecule has 220 valence electrons. The quantitative estimate of drug-likeness (QED) is 0.192. The van der Waals surface area contributed by atoms with Crippen molar-refractivity contribution < 1.29 is 0 Å². The molecule has 6 heteroatoms. The normalized spacial score (nSPS) is 11.4. The number of aromatic nitrogens is 5. The molecular formula is C41H25N5S. The molecule has 0 aliphatic carbocycles. The molecule has 0 amide bonds. The predicted molar refractivity (Wildman–Crippen MR) is 193 cm³/mol. The van der Waals surface area contributed by atoms with Crippen LogP contribution >= 0.6 is 11.3 Å². The average Bonchev–Trinajstić information content (AvgIpc) is 3.53.